The third-order valence-electron chi connectivity index (χ3n) is 3.85. The van der Waals surface area contributed by atoms with Gasteiger partial charge in [0.25, 0.3) is 0 Å². The summed E-state index contributed by atoms with van der Waals surface area (Å²) in [4.78, 5) is 11.6. The van der Waals surface area contributed by atoms with Crippen molar-refractivity contribution in [2.75, 3.05) is 13.7 Å². The van der Waals surface area contributed by atoms with E-state index in [1.165, 1.54) is 26.4 Å². The maximum Gasteiger partial charge on any atom is 0.338 e. The Kier molecular flexibility index (Phi) is 4.02. The van der Waals surface area contributed by atoms with Gasteiger partial charge in [-0.1, -0.05) is 31.5 Å². The number of benzene rings is 1. The Morgan fingerprint density at radius 2 is 2.11 bits per heavy atom. The van der Waals surface area contributed by atoms with Crippen LogP contribution in [0.3, 0.4) is 0 Å². The number of hydrogen-bond acceptors (Lipinski definition) is 3. The molecule has 1 aliphatic rings. The van der Waals surface area contributed by atoms with E-state index < -0.39 is 0 Å². The Morgan fingerprint density at radius 3 is 2.72 bits per heavy atom. The van der Waals surface area contributed by atoms with Crippen LogP contribution in [0.4, 0.5) is 0 Å². The maximum atomic E-state index is 11.6. The Hall–Kier alpha value is -1.35. The summed E-state index contributed by atoms with van der Waals surface area (Å²) in [6, 6.07) is 7.60. The molecule has 3 nitrogen and oxygen atoms in total. The highest BCUT2D eigenvalue weighted by atomic mass is 16.5. The first-order valence-corrected chi connectivity index (χ1v) is 6.52. The second-order valence-electron chi connectivity index (χ2n) is 5.42. The predicted molar refractivity (Wildman–Crippen MR) is 71.4 cm³/mol. The molecule has 1 aromatic rings. The summed E-state index contributed by atoms with van der Waals surface area (Å²) in [7, 11) is 1.42. The van der Waals surface area contributed by atoms with Gasteiger partial charge in [0.1, 0.15) is 0 Å². The van der Waals surface area contributed by atoms with Crippen molar-refractivity contribution in [1.82, 2.24) is 5.32 Å². The number of nitrogens with one attached hydrogen (secondary N) is 1. The van der Waals surface area contributed by atoms with Crippen molar-refractivity contribution in [3.05, 3.63) is 35.4 Å². The standard InChI is InChI=1S/C15H21NO2/c1-15(8-5-9-15)11-16-10-12-6-3-4-7-13(12)14(17)18-2/h3-4,6-7,16H,5,8-11H2,1-2H3. The van der Waals surface area contributed by atoms with E-state index in [0.717, 1.165) is 18.7 Å². The van der Waals surface area contributed by atoms with Gasteiger partial charge in [-0.3, -0.25) is 0 Å². The molecule has 1 aromatic carbocycles. The van der Waals surface area contributed by atoms with Gasteiger partial charge >= 0.3 is 5.97 Å². The summed E-state index contributed by atoms with van der Waals surface area (Å²) in [6.45, 7) is 4.05. The molecule has 1 aliphatic carbocycles. The SMILES string of the molecule is COC(=O)c1ccccc1CNCC1(C)CCC1. The van der Waals surface area contributed by atoms with Crippen molar-refractivity contribution in [3.63, 3.8) is 0 Å². The van der Waals surface area contributed by atoms with Gasteiger partial charge in [-0.05, 0) is 29.9 Å². The molecule has 1 saturated carbocycles. The van der Waals surface area contributed by atoms with E-state index in [2.05, 4.69) is 12.2 Å². The number of methoxy groups -OCH3 is 1. The molecule has 0 radical (unpaired) electrons. The average Bonchev–Trinajstić information content (AvgIpc) is 2.36. The van der Waals surface area contributed by atoms with Crippen LogP contribution in [0.5, 0.6) is 0 Å². The maximum absolute atomic E-state index is 11.6. The second-order valence-corrected chi connectivity index (χ2v) is 5.42. The molecule has 0 amide bonds. The van der Waals surface area contributed by atoms with Gasteiger partial charge < -0.3 is 10.1 Å². The van der Waals surface area contributed by atoms with Gasteiger partial charge in [0, 0.05) is 13.1 Å². The highest BCUT2D eigenvalue weighted by Crippen LogP contribution is 2.39. The van der Waals surface area contributed by atoms with Crippen molar-refractivity contribution in [3.8, 4) is 0 Å². The van der Waals surface area contributed by atoms with Gasteiger partial charge in [0.05, 0.1) is 12.7 Å². The Balaban J connectivity index is 1.94. The van der Waals surface area contributed by atoms with Crippen LogP contribution < -0.4 is 5.32 Å². The van der Waals surface area contributed by atoms with Gasteiger partial charge in [-0.15, -0.1) is 0 Å². The minimum absolute atomic E-state index is 0.262. The first kappa shape index (κ1) is 13.1. The monoisotopic (exact) mass is 247 g/mol. The van der Waals surface area contributed by atoms with Crippen LogP contribution >= 0.6 is 0 Å². The van der Waals surface area contributed by atoms with Crippen LogP contribution in [-0.2, 0) is 11.3 Å². The molecule has 3 heteroatoms. The fourth-order valence-corrected chi connectivity index (χ4v) is 2.44. The largest absolute Gasteiger partial charge is 0.465 e. The summed E-state index contributed by atoms with van der Waals surface area (Å²) in [5.41, 5.74) is 2.12. The van der Waals surface area contributed by atoms with Crippen LogP contribution in [0, 0.1) is 5.41 Å². The first-order chi connectivity index (χ1) is 8.64. The third kappa shape index (κ3) is 2.91. The van der Waals surface area contributed by atoms with Gasteiger partial charge in [0.2, 0.25) is 0 Å². The summed E-state index contributed by atoms with van der Waals surface area (Å²) >= 11 is 0. The fraction of sp³-hybridized carbons (Fsp3) is 0.533. The quantitative estimate of drug-likeness (QED) is 0.813. The third-order valence-corrected chi connectivity index (χ3v) is 3.85. The van der Waals surface area contributed by atoms with Crippen LogP contribution in [0.2, 0.25) is 0 Å². The molecule has 0 spiro atoms. The van der Waals surface area contributed by atoms with Gasteiger partial charge in [-0.25, -0.2) is 4.79 Å². The molecule has 1 fully saturated rings. The topological polar surface area (TPSA) is 38.3 Å². The van der Waals surface area contributed by atoms with Crippen LogP contribution in [0.25, 0.3) is 0 Å². The van der Waals surface area contributed by atoms with E-state index in [0.29, 0.717) is 11.0 Å². The van der Waals surface area contributed by atoms with E-state index in [1.807, 2.05) is 24.3 Å². The second kappa shape index (κ2) is 5.53. The molecule has 1 N–H and O–H groups in total. The van der Waals surface area contributed by atoms with Crippen molar-refractivity contribution >= 4 is 5.97 Å². The van der Waals surface area contributed by atoms with Crippen LogP contribution in [0.1, 0.15) is 42.1 Å². The van der Waals surface area contributed by atoms with Gasteiger partial charge in [0.15, 0.2) is 0 Å². The van der Waals surface area contributed by atoms with E-state index in [4.69, 9.17) is 4.74 Å². The molecule has 0 aromatic heterocycles. The van der Waals surface area contributed by atoms with E-state index in [-0.39, 0.29) is 5.97 Å². The summed E-state index contributed by atoms with van der Waals surface area (Å²) in [5.74, 6) is -0.262. The number of ether oxygens (including phenoxy) is 1. The average molecular weight is 247 g/mol. The number of rotatable bonds is 5. The number of esters is 1. The Morgan fingerprint density at radius 1 is 1.39 bits per heavy atom. The molecule has 0 saturated heterocycles. The van der Waals surface area contributed by atoms with E-state index in [9.17, 15) is 4.79 Å². The lowest BCUT2D eigenvalue weighted by Gasteiger charge is -2.38. The highest BCUT2D eigenvalue weighted by molar-refractivity contribution is 5.90. The Labute approximate surface area is 109 Å². The predicted octanol–water partition coefficient (Wildman–Crippen LogP) is 2.75. The molecule has 0 aliphatic heterocycles. The fourth-order valence-electron chi connectivity index (χ4n) is 2.44. The lowest BCUT2D eigenvalue weighted by atomic mass is 9.70. The number of carbonyl (C=O) groups is 1. The molecule has 98 valence electrons. The zero-order chi connectivity index (χ0) is 13.0. The van der Waals surface area contributed by atoms with Crippen molar-refractivity contribution in [2.45, 2.75) is 32.7 Å². The van der Waals surface area contributed by atoms with Crippen molar-refractivity contribution in [2.24, 2.45) is 5.41 Å². The summed E-state index contributed by atoms with van der Waals surface area (Å²) in [6.07, 6.45) is 3.95. The number of hydrogen-bond donors (Lipinski definition) is 1. The van der Waals surface area contributed by atoms with Crippen LogP contribution in [0.15, 0.2) is 24.3 Å². The van der Waals surface area contributed by atoms with E-state index >= 15 is 0 Å². The van der Waals surface area contributed by atoms with Crippen LogP contribution in [-0.4, -0.2) is 19.6 Å². The molecule has 0 bridgehead atoms. The summed E-state index contributed by atoms with van der Waals surface area (Å²) < 4.78 is 4.79. The normalized spacial score (nSPS) is 17.0. The van der Waals surface area contributed by atoms with Crippen molar-refractivity contribution < 1.29 is 9.53 Å². The smallest absolute Gasteiger partial charge is 0.338 e. The Bertz CT molecular complexity index is 424. The number of carbonyl (C=O) groups excluding carboxylic acids is 1. The highest BCUT2D eigenvalue weighted by Gasteiger charge is 2.30. The minimum Gasteiger partial charge on any atom is -0.465 e. The molecular formula is C15H21NO2. The van der Waals surface area contributed by atoms with Gasteiger partial charge in [-0.2, -0.15) is 0 Å². The summed E-state index contributed by atoms with van der Waals surface area (Å²) in [5, 5.41) is 3.46. The molecule has 0 atom stereocenters. The lowest BCUT2D eigenvalue weighted by Crippen LogP contribution is -2.37. The first-order valence-electron chi connectivity index (χ1n) is 6.52. The molecular weight excluding hydrogens is 226 g/mol. The zero-order valence-electron chi connectivity index (χ0n) is 11.2. The van der Waals surface area contributed by atoms with Crippen molar-refractivity contribution in [1.29, 1.82) is 0 Å². The molecule has 18 heavy (non-hydrogen) atoms. The minimum atomic E-state index is -0.262. The zero-order valence-corrected chi connectivity index (χ0v) is 11.2. The molecule has 0 heterocycles. The van der Waals surface area contributed by atoms with E-state index in [1.54, 1.807) is 0 Å². The molecule has 2 rings (SSSR count). The molecule has 0 unspecified atom stereocenters. The lowest BCUT2D eigenvalue weighted by molar-refractivity contribution is 0.0599.